The van der Waals surface area contributed by atoms with Gasteiger partial charge in [-0.25, -0.2) is 0 Å². The third kappa shape index (κ3) is 1.50. The topological polar surface area (TPSA) is 40.5 Å². The number of hydrogen-bond acceptors (Lipinski definition) is 2. The molecule has 1 aliphatic rings. The van der Waals surface area contributed by atoms with Gasteiger partial charge in [-0.3, -0.25) is 0 Å². The summed E-state index contributed by atoms with van der Waals surface area (Å²) in [4.78, 5) is 0. The van der Waals surface area contributed by atoms with Crippen LogP contribution >= 0.6 is 0 Å². The second kappa shape index (κ2) is 2.89. The first kappa shape index (κ1) is 8.02. The maximum Gasteiger partial charge on any atom is 0.0801 e. The molecule has 0 aliphatic heterocycles. The average Bonchev–Trinajstić information content (AvgIpc) is 1.84. The first-order valence-corrected chi connectivity index (χ1v) is 3.97. The molecule has 1 aliphatic carbocycles. The van der Waals surface area contributed by atoms with Crippen molar-refractivity contribution in [3.8, 4) is 0 Å². The van der Waals surface area contributed by atoms with Gasteiger partial charge in [-0.15, -0.1) is 0 Å². The minimum atomic E-state index is -0.480. The van der Waals surface area contributed by atoms with Gasteiger partial charge in [0.05, 0.1) is 12.2 Å². The second-order valence-electron chi connectivity index (χ2n) is 3.56. The Kier molecular flexibility index (Phi) is 2.32. The molecule has 0 radical (unpaired) electrons. The molecule has 0 spiro atoms. The van der Waals surface area contributed by atoms with E-state index in [1.807, 2.05) is 0 Å². The second-order valence-corrected chi connectivity index (χ2v) is 3.56. The third-order valence-electron chi connectivity index (χ3n) is 2.64. The van der Waals surface area contributed by atoms with E-state index in [0.29, 0.717) is 11.8 Å². The molecule has 0 aromatic rings. The Hall–Kier alpha value is -0.0800. The molecule has 0 saturated heterocycles. The Morgan fingerprint density at radius 2 is 1.20 bits per heavy atom. The molecule has 2 N–H and O–H groups in total. The lowest BCUT2D eigenvalue weighted by atomic mass is 9.79. The van der Waals surface area contributed by atoms with Gasteiger partial charge < -0.3 is 10.2 Å². The fourth-order valence-electron chi connectivity index (χ4n) is 1.54. The molecule has 4 unspecified atom stereocenters. The van der Waals surface area contributed by atoms with Crippen LogP contribution in [-0.4, -0.2) is 22.4 Å². The van der Waals surface area contributed by atoms with Crippen LogP contribution in [0, 0.1) is 11.8 Å². The van der Waals surface area contributed by atoms with E-state index in [-0.39, 0.29) is 0 Å². The monoisotopic (exact) mass is 144 g/mol. The molecule has 2 nitrogen and oxygen atoms in total. The van der Waals surface area contributed by atoms with E-state index in [0.717, 1.165) is 12.8 Å². The van der Waals surface area contributed by atoms with E-state index in [4.69, 9.17) is 0 Å². The summed E-state index contributed by atoms with van der Waals surface area (Å²) in [6.45, 7) is 4.25. The molecule has 0 aromatic carbocycles. The van der Waals surface area contributed by atoms with Crippen molar-refractivity contribution >= 4 is 0 Å². The van der Waals surface area contributed by atoms with Crippen molar-refractivity contribution in [2.24, 2.45) is 11.8 Å². The van der Waals surface area contributed by atoms with Crippen LogP contribution in [0.2, 0.25) is 0 Å². The number of aliphatic hydroxyl groups is 2. The summed E-state index contributed by atoms with van der Waals surface area (Å²) in [5.74, 6) is 1.11. The van der Waals surface area contributed by atoms with Gasteiger partial charge in [-0.05, 0) is 24.7 Å². The Labute approximate surface area is 61.9 Å². The first-order valence-electron chi connectivity index (χ1n) is 3.97. The molecule has 1 fully saturated rings. The minimum Gasteiger partial charge on any atom is -0.390 e. The number of aliphatic hydroxyl groups excluding tert-OH is 2. The van der Waals surface area contributed by atoms with Crippen LogP contribution in [0.15, 0.2) is 0 Å². The summed E-state index contributed by atoms with van der Waals surface area (Å²) in [5.41, 5.74) is 0. The Morgan fingerprint density at radius 3 is 1.50 bits per heavy atom. The summed E-state index contributed by atoms with van der Waals surface area (Å²) in [5, 5.41) is 18.4. The van der Waals surface area contributed by atoms with Crippen molar-refractivity contribution in [2.45, 2.75) is 38.9 Å². The molecule has 1 rings (SSSR count). The van der Waals surface area contributed by atoms with Crippen molar-refractivity contribution < 1.29 is 10.2 Å². The molecule has 0 aromatic heterocycles. The van der Waals surface area contributed by atoms with Crippen LogP contribution in [0.25, 0.3) is 0 Å². The molecule has 0 heterocycles. The van der Waals surface area contributed by atoms with E-state index in [2.05, 4.69) is 13.8 Å². The van der Waals surface area contributed by atoms with Gasteiger partial charge in [0, 0.05) is 0 Å². The summed E-state index contributed by atoms with van der Waals surface area (Å²) in [7, 11) is 0. The normalized spacial score (nSPS) is 49.2. The van der Waals surface area contributed by atoms with Crippen molar-refractivity contribution in [2.75, 3.05) is 0 Å². The van der Waals surface area contributed by atoms with Crippen molar-refractivity contribution in [1.82, 2.24) is 0 Å². The van der Waals surface area contributed by atoms with Gasteiger partial charge in [0.2, 0.25) is 0 Å². The van der Waals surface area contributed by atoms with Gasteiger partial charge in [-0.1, -0.05) is 13.8 Å². The third-order valence-corrected chi connectivity index (χ3v) is 2.64. The predicted molar refractivity (Wildman–Crippen MR) is 39.6 cm³/mol. The van der Waals surface area contributed by atoms with Gasteiger partial charge in [0.1, 0.15) is 0 Å². The Bertz CT molecular complexity index is 87.8. The van der Waals surface area contributed by atoms with Gasteiger partial charge in [0.15, 0.2) is 0 Å². The maximum absolute atomic E-state index is 9.22. The van der Waals surface area contributed by atoms with Crippen LogP contribution in [0.3, 0.4) is 0 Å². The van der Waals surface area contributed by atoms with E-state index in [9.17, 15) is 10.2 Å². The maximum atomic E-state index is 9.22. The molecule has 2 heteroatoms. The van der Waals surface area contributed by atoms with Gasteiger partial charge in [0.25, 0.3) is 0 Å². The van der Waals surface area contributed by atoms with Crippen molar-refractivity contribution in [3.05, 3.63) is 0 Å². The van der Waals surface area contributed by atoms with E-state index >= 15 is 0 Å². The fraction of sp³-hybridized carbons (Fsp3) is 1.00. The number of rotatable bonds is 0. The standard InChI is InChI=1S/C8H16O2/c1-5-3-7(9)8(10)4-6(5)2/h5-10H,3-4H2,1-2H3. The summed E-state index contributed by atoms with van der Waals surface area (Å²) < 4.78 is 0. The summed E-state index contributed by atoms with van der Waals surface area (Å²) in [6.07, 6.45) is 0.544. The zero-order chi connectivity index (χ0) is 7.72. The first-order chi connectivity index (χ1) is 4.61. The smallest absolute Gasteiger partial charge is 0.0801 e. The minimum absolute atomic E-state index is 0.480. The SMILES string of the molecule is CC1CC(O)C(O)CC1C. The van der Waals surface area contributed by atoms with Crippen LogP contribution in [0.4, 0.5) is 0 Å². The van der Waals surface area contributed by atoms with Crippen molar-refractivity contribution in [3.63, 3.8) is 0 Å². The highest BCUT2D eigenvalue weighted by Crippen LogP contribution is 2.29. The van der Waals surface area contributed by atoms with Crippen LogP contribution in [-0.2, 0) is 0 Å². The molecule has 10 heavy (non-hydrogen) atoms. The fourth-order valence-corrected chi connectivity index (χ4v) is 1.54. The number of hydrogen-bond donors (Lipinski definition) is 2. The molecule has 4 atom stereocenters. The Balaban J connectivity index is 2.46. The van der Waals surface area contributed by atoms with Crippen LogP contribution < -0.4 is 0 Å². The zero-order valence-electron chi connectivity index (χ0n) is 6.62. The molecular weight excluding hydrogens is 128 g/mol. The highest BCUT2D eigenvalue weighted by molar-refractivity contribution is 4.81. The molecule has 0 bridgehead atoms. The lowest BCUT2D eigenvalue weighted by molar-refractivity contribution is -0.0408. The quantitative estimate of drug-likeness (QED) is 0.527. The molecule has 0 amide bonds. The highest BCUT2D eigenvalue weighted by Gasteiger charge is 2.29. The van der Waals surface area contributed by atoms with Crippen molar-refractivity contribution in [1.29, 1.82) is 0 Å². The highest BCUT2D eigenvalue weighted by atomic mass is 16.3. The average molecular weight is 144 g/mol. The molecule has 60 valence electrons. The van der Waals surface area contributed by atoms with Gasteiger partial charge >= 0.3 is 0 Å². The zero-order valence-corrected chi connectivity index (χ0v) is 6.62. The van der Waals surface area contributed by atoms with E-state index in [1.165, 1.54) is 0 Å². The summed E-state index contributed by atoms with van der Waals surface area (Å²) in [6, 6.07) is 0. The van der Waals surface area contributed by atoms with E-state index in [1.54, 1.807) is 0 Å². The summed E-state index contributed by atoms with van der Waals surface area (Å²) >= 11 is 0. The lowest BCUT2D eigenvalue weighted by Crippen LogP contribution is -2.36. The largest absolute Gasteiger partial charge is 0.390 e. The molecular formula is C8H16O2. The van der Waals surface area contributed by atoms with Crippen LogP contribution in [0.1, 0.15) is 26.7 Å². The van der Waals surface area contributed by atoms with Crippen LogP contribution in [0.5, 0.6) is 0 Å². The molecule has 1 saturated carbocycles. The predicted octanol–water partition coefficient (Wildman–Crippen LogP) is 0.774. The van der Waals surface area contributed by atoms with Gasteiger partial charge in [-0.2, -0.15) is 0 Å². The lowest BCUT2D eigenvalue weighted by Gasteiger charge is -2.33. The Morgan fingerprint density at radius 1 is 0.900 bits per heavy atom. The van der Waals surface area contributed by atoms with E-state index < -0.39 is 12.2 Å².